The minimum absolute atomic E-state index is 0.192. The molecule has 6 rings (SSSR count). The summed E-state index contributed by atoms with van der Waals surface area (Å²) in [6.07, 6.45) is 7.72. The summed E-state index contributed by atoms with van der Waals surface area (Å²) >= 11 is 0. The molecule has 0 saturated heterocycles. The summed E-state index contributed by atoms with van der Waals surface area (Å²) in [5, 5.41) is 0. The quantitative estimate of drug-likeness (QED) is 0.0332. The molecule has 0 radical (unpaired) electrons. The van der Waals surface area contributed by atoms with E-state index >= 15 is 0 Å². The molecular weight excluding hydrogens is 1500 g/mol. The van der Waals surface area contributed by atoms with Gasteiger partial charge in [0.25, 0.3) is 0 Å². The number of methoxy groups -OCH3 is 3. The molecule has 0 amide bonds. The van der Waals surface area contributed by atoms with E-state index in [-0.39, 0.29) is 5.60 Å². The molecule has 5 aromatic carbocycles. The van der Waals surface area contributed by atoms with Crippen LogP contribution in [-0.2, 0) is 98.1 Å². The van der Waals surface area contributed by atoms with Crippen LogP contribution in [0.3, 0.4) is 0 Å². The molecular formula is C84H146O22Si5. The highest BCUT2D eigenvalue weighted by Gasteiger charge is 2.44. The molecule has 0 aliphatic carbocycles. The Kier molecular flexibility index (Phi) is 55.1. The monoisotopic (exact) mass is 1650 g/mol. The lowest BCUT2D eigenvalue weighted by Crippen LogP contribution is -2.48. The van der Waals surface area contributed by atoms with Crippen molar-refractivity contribution in [3.63, 3.8) is 0 Å². The van der Waals surface area contributed by atoms with E-state index in [0.29, 0.717) is 125 Å². The van der Waals surface area contributed by atoms with E-state index in [0.717, 1.165) is 121 Å². The zero-order chi connectivity index (χ0) is 82.1. The van der Waals surface area contributed by atoms with Gasteiger partial charge in [-0.15, -0.1) is 0 Å². The summed E-state index contributed by atoms with van der Waals surface area (Å²) in [5.41, 5.74) is 5.96. The van der Waals surface area contributed by atoms with Crippen molar-refractivity contribution in [2.75, 3.05) is 140 Å². The molecule has 0 spiro atoms. The zero-order valence-electron chi connectivity index (χ0n) is 72.3. The lowest BCUT2D eigenvalue weighted by molar-refractivity contribution is 0.0696. The van der Waals surface area contributed by atoms with Crippen LogP contribution in [0.25, 0.3) is 0 Å². The Labute approximate surface area is 676 Å². The maximum absolute atomic E-state index is 5.89. The fourth-order valence-electron chi connectivity index (χ4n) is 12.2. The van der Waals surface area contributed by atoms with Gasteiger partial charge in [0.1, 0.15) is 47.6 Å². The van der Waals surface area contributed by atoms with Crippen molar-refractivity contribution in [3.05, 3.63) is 137 Å². The number of benzene rings is 5. The molecule has 0 bridgehead atoms. The number of hydrogen-bond acceptors (Lipinski definition) is 22. The molecule has 0 aromatic heterocycles. The second-order valence-electron chi connectivity index (χ2n) is 26.0. The van der Waals surface area contributed by atoms with E-state index in [1.807, 2.05) is 192 Å². The van der Waals surface area contributed by atoms with Gasteiger partial charge in [-0.1, -0.05) is 42.5 Å². The van der Waals surface area contributed by atoms with E-state index in [1.165, 1.54) is 22.3 Å². The normalized spacial score (nSPS) is 12.3. The highest BCUT2D eigenvalue weighted by atomic mass is 28.4. The molecule has 22 nitrogen and oxygen atoms in total. The molecule has 0 N–H and O–H groups in total. The molecule has 0 saturated carbocycles. The summed E-state index contributed by atoms with van der Waals surface area (Å²) in [7, 11) is -7.71. The Morgan fingerprint density at radius 1 is 0.270 bits per heavy atom. The fourth-order valence-corrected chi connectivity index (χ4v) is 25.3. The van der Waals surface area contributed by atoms with Gasteiger partial charge in [-0.2, -0.15) is 0 Å². The maximum Gasteiger partial charge on any atom is 0.505 e. The Hall–Kier alpha value is -4.82. The maximum atomic E-state index is 5.89. The van der Waals surface area contributed by atoms with Gasteiger partial charge in [-0.3, -0.25) is 0 Å². The summed E-state index contributed by atoms with van der Waals surface area (Å²) in [6.45, 7) is 49.1. The summed E-state index contributed by atoms with van der Waals surface area (Å²) in [4.78, 5) is 0. The predicted octanol–water partition coefficient (Wildman–Crippen LogP) is 18.9. The van der Waals surface area contributed by atoms with Crippen LogP contribution in [0.2, 0.25) is 24.2 Å². The molecule has 634 valence electrons. The van der Waals surface area contributed by atoms with Crippen molar-refractivity contribution in [2.24, 2.45) is 0 Å². The third kappa shape index (κ3) is 41.5. The lowest BCUT2D eigenvalue weighted by atomic mass is 10.1. The van der Waals surface area contributed by atoms with Crippen LogP contribution in [0.4, 0.5) is 0 Å². The molecule has 1 aliphatic rings. The standard InChI is InChI=1S/C17H28O5Si.C17H30O5Si.2C17H30O4Si.C16H28O4Si/c1-4-20-23(21-5-2,22-6-3)13-7-8-15-9-10-16-17(14-15)19-12-11-18-16;1-6-20-23(21-7-2,22-8-3)11-9-10-15-12-16(18-4)14-17(13-15)19-5;1-7-18-22(19-8-2,20-9-3)14-15-10-12-16(13-11-15)21-17(4,5)6;1-5-18-17-13-11-16(12-14-17)10-9-15-22(19-6-2,20-7-3)21-8-4;1-5-18-21(19-6-2,20-7-3)14-8-9-15-10-12-16(17-4)13-11-15/h9-10,14H,4-8,11-13H2,1-3H3;12-14H,6-11H2,1-5H3;10-13H,7-9,14H2,1-6H3;11-14H,5-10,15H2,1-4H3;10-13H,5-9,14H2,1-4H3. The minimum atomic E-state index is -2.64. The summed E-state index contributed by atoms with van der Waals surface area (Å²) in [6, 6.07) is 40.7. The van der Waals surface area contributed by atoms with Gasteiger partial charge in [0, 0.05) is 135 Å². The lowest BCUT2D eigenvalue weighted by Gasteiger charge is -2.28. The zero-order valence-corrected chi connectivity index (χ0v) is 77.3. The number of ether oxygens (including phenoxy) is 7. The van der Waals surface area contributed by atoms with Gasteiger partial charge in [0.2, 0.25) is 0 Å². The van der Waals surface area contributed by atoms with Crippen molar-refractivity contribution < 1.29 is 99.5 Å². The van der Waals surface area contributed by atoms with E-state index in [4.69, 9.17) is 99.5 Å². The largest absolute Gasteiger partial charge is 0.505 e. The third-order valence-electron chi connectivity index (χ3n) is 16.4. The average molecular weight is 1650 g/mol. The van der Waals surface area contributed by atoms with Crippen molar-refractivity contribution in [1.82, 2.24) is 0 Å². The van der Waals surface area contributed by atoms with E-state index in [1.54, 1.807) is 21.3 Å². The van der Waals surface area contributed by atoms with Crippen molar-refractivity contribution in [1.29, 1.82) is 0 Å². The second kappa shape index (κ2) is 59.8. The van der Waals surface area contributed by atoms with Gasteiger partial charge in [0.15, 0.2) is 11.5 Å². The van der Waals surface area contributed by atoms with Crippen molar-refractivity contribution in [2.45, 2.75) is 219 Å². The Bertz CT molecular complexity index is 2970. The predicted molar refractivity (Wildman–Crippen MR) is 454 cm³/mol. The van der Waals surface area contributed by atoms with E-state index in [9.17, 15) is 0 Å². The van der Waals surface area contributed by atoms with Gasteiger partial charge in [0.05, 0.1) is 27.9 Å². The van der Waals surface area contributed by atoms with Crippen LogP contribution in [0.5, 0.6) is 40.2 Å². The van der Waals surface area contributed by atoms with Crippen LogP contribution >= 0.6 is 0 Å². The molecule has 1 aliphatic heterocycles. The first-order valence-corrected chi connectivity index (χ1v) is 50.6. The first kappa shape index (κ1) is 102. The SMILES string of the molecule is CCO[Si](CCCc1cc(OC)cc(OC)c1)(OCC)OCC.CCO[Si](CCCc1ccc(OC)cc1)(OCC)OCC.CCO[Si](CCCc1ccc2c(c1)OCCO2)(OCC)OCC.CCO[Si](Cc1ccc(OC(C)(C)C)cc1)(OCC)OCC.CCOc1ccc(CCC[Si](OCC)(OCC)OCC)cc1. The number of rotatable bonds is 54. The molecule has 111 heavy (non-hydrogen) atoms. The minimum Gasteiger partial charge on any atom is -0.497 e. The molecule has 5 aromatic rings. The molecule has 27 heteroatoms. The van der Waals surface area contributed by atoms with E-state index < -0.39 is 44.0 Å². The van der Waals surface area contributed by atoms with Crippen LogP contribution in [-0.4, -0.2) is 190 Å². The molecule has 0 atom stereocenters. The average Bonchev–Trinajstić information content (AvgIpc) is 0.848. The summed E-state index contributed by atoms with van der Waals surface area (Å²) in [5.74, 6) is 5.98. The first-order chi connectivity index (χ1) is 53.6. The highest BCUT2D eigenvalue weighted by Crippen LogP contribution is 2.33. The number of hydrogen-bond donors (Lipinski definition) is 0. The summed E-state index contributed by atoms with van der Waals surface area (Å²) < 4.78 is 126. The van der Waals surface area contributed by atoms with Gasteiger partial charge >= 0.3 is 44.0 Å². The van der Waals surface area contributed by atoms with Gasteiger partial charge in [-0.05, 0) is 271 Å². The van der Waals surface area contributed by atoms with Crippen LogP contribution in [0, 0.1) is 0 Å². The molecule has 0 unspecified atom stereocenters. The topological polar surface area (TPSA) is 203 Å². The molecule has 0 fully saturated rings. The Morgan fingerprint density at radius 3 is 0.865 bits per heavy atom. The first-order valence-electron chi connectivity index (χ1n) is 40.9. The van der Waals surface area contributed by atoms with Crippen molar-refractivity contribution >= 4 is 44.0 Å². The smallest absolute Gasteiger partial charge is 0.497 e. The number of fused-ring (bicyclic) bond motifs is 1. The van der Waals surface area contributed by atoms with Crippen LogP contribution in [0.15, 0.2) is 109 Å². The Morgan fingerprint density at radius 2 is 0.550 bits per heavy atom. The Balaban J connectivity index is 0.000000471. The number of aryl methyl sites for hydroxylation is 4. The van der Waals surface area contributed by atoms with Crippen LogP contribution < -0.4 is 33.2 Å². The van der Waals surface area contributed by atoms with E-state index in [2.05, 4.69) is 48.5 Å². The molecule has 1 heterocycles. The van der Waals surface area contributed by atoms with Crippen molar-refractivity contribution in [3.8, 4) is 40.2 Å². The van der Waals surface area contributed by atoms with Gasteiger partial charge < -0.3 is 99.5 Å². The fraction of sp³-hybridized carbons (Fsp3) is 0.643. The second-order valence-corrected chi connectivity index (χ2v) is 39.5. The van der Waals surface area contributed by atoms with Gasteiger partial charge in [-0.25, -0.2) is 0 Å². The highest BCUT2D eigenvalue weighted by molar-refractivity contribution is 6.62. The third-order valence-corrected chi connectivity index (χ3v) is 32.1. The van der Waals surface area contributed by atoms with Crippen LogP contribution in [0.1, 0.15) is 185 Å².